The van der Waals surface area contributed by atoms with Gasteiger partial charge in [0.05, 0.1) is 10.9 Å². The number of nitrogens with zero attached hydrogens (tertiary/aromatic N) is 1. The number of benzene rings is 2. The molecular formula is C20H17FN2O2S2. The van der Waals surface area contributed by atoms with E-state index >= 15 is 0 Å². The van der Waals surface area contributed by atoms with Gasteiger partial charge in [-0.3, -0.25) is 9.59 Å². The van der Waals surface area contributed by atoms with Crippen molar-refractivity contribution in [3.05, 3.63) is 65.3 Å². The molecule has 0 aliphatic rings. The number of carbonyl (C=O) groups excluding carboxylic acids is 2. The molecule has 7 heteroatoms. The van der Waals surface area contributed by atoms with Gasteiger partial charge in [-0.2, -0.15) is 0 Å². The molecule has 0 saturated carbocycles. The number of nitrogens with one attached hydrogen (secondary N) is 1. The Labute approximate surface area is 164 Å². The Bertz CT molecular complexity index is 953. The molecule has 1 amide bonds. The second-order valence-electron chi connectivity index (χ2n) is 5.89. The molecule has 1 N–H and O–H groups in total. The van der Waals surface area contributed by atoms with Gasteiger partial charge in [0.25, 0.3) is 0 Å². The molecule has 0 radical (unpaired) electrons. The number of thiazole rings is 1. The van der Waals surface area contributed by atoms with Crippen molar-refractivity contribution in [2.24, 2.45) is 0 Å². The number of thioether (sulfide) groups is 1. The Hall–Kier alpha value is -2.51. The van der Waals surface area contributed by atoms with Crippen LogP contribution < -0.4 is 5.32 Å². The smallest absolute Gasteiger partial charge is 0.237 e. The van der Waals surface area contributed by atoms with Crippen molar-refractivity contribution < 1.29 is 14.0 Å². The van der Waals surface area contributed by atoms with Crippen molar-refractivity contribution in [2.45, 2.75) is 23.4 Å². The Morgan fingerprint density at radius 1 is 1.11 bits per heavy atom. The maximum absolute atomic E-state index is 13.0. The Morgan fingerprint density at radius 2 is 1.78 bits per heavy atom. The van der Waals surface area contributed by atoms with E-state index < -0.39 is 0 Å². The van der Waals surface area contributed by atoms with Gasteiger partial charge in [-0.05, 0) is 62.4 Å². The highest BCUT2D eigenvalue weighted by atomic mass is 32.2. The quantitative estimate of drug-likeness (QED) is 0.452. The summed E-state index contributed by atoms with van der Waals surface area (Å²) in [4.78, 5) is 28.2. The van der Waals surface area contributed by atoms with Crippen molar-refractivity contribution in [3.63, 3.8) is 0 Å². The lowest BCUT2D eigenvalue weighted by Gasteiger charge is -2.10. The molecule has 138 valence electrons. The molecule has 4 nitrogen and oxygen atoms in total. The molecule has 2 aromatic carbocycles. The molecule has 27 heavy (non-hydrogen) atoms. The van der Waals surface area contributed by atoms with Gasteiger partial charge >= 0.3 is 0 Å². The Morgan fingerprint density at radius 3 is 2.41 bits per heavy atom. The average molecular weight is 400 g/mol. The molecule has 0 unspecified atom stereocenters. The highest BCUT2D eigenvalue weighted by Gasteiger charge is 2.17. The van der Waals surface area contributed by atoms with E-state index in [-0.39, 0.29) is 22.8 Å². The number of rotatable bonds is 6. The van der Waals surface area contributed by atoms with Crippen LogP contribution in [0.3, 0.4) is 0 Å². The van der Waals surface area contributed by atoms with Crippen LogP contribution >= 0.6 is 23.1 Å². The number of hydrogen-bond donors (Lipinski definition) is 1. The molecule has 0 saturated heterocycles. The van der Waals surface area contributed by atoms with Gasteiger partial charge in [-0.1, -0.05) is 11.8 Å². The number of hydrogen-bond acceptors (Lipinski definition) is 5. The SMILES string of the molecule is CC(=O)c1ccc(NC(=O)[C@H](C)Sc2nc(-c3ccc(F)cc3)cs2)cc1. The predicted molar refractivity (Wildman–Crippen MR) is 108 cm³/mol. The summed E-state index contributed by atoms with van der Waals surface area (Å²) in [5.74, 6) is -0.447. The van der Waals surface area contributed by atoms with E-state index in [9.17, 15) is 14.0 Å². The molecule has 0 spiro atoms. The fourth-order valence-corrected chi connectivity index (χ4v) is 4.27. The second-order valence-corrected chi connectivity index (χ2v) is 8.33. The zero-order valence-electron chi connectivity index (χ0n) is 14.7. The van der Waals surface area contributed by atoms with E-state index in [2.05, 4.69) is 10.3 Å². The lowest BCUT2D eigenvalue weighted by atomic mass is 10.1. The molecule has 1 atom stereocenters. The standard InChI is InChI=1S/C20H17FN2O2S2/c1-12(24)14-5-9-17(10-6-14)22-19(25)13(2)27-20-23-18(11-26-20)15-3-7-16(21)8-4-15/h3-11,13H,1-2H3,(H,22,25)/t13-/m0/s1. The Balaban J connectivity index is 1.61. The molecule has 0 aliphatic heterocycles. The number of ketones is 1. The van der Waals surface area contributed by atoms with E-state index in [1.165, 1.54) is 42.2 Å². The zero-order valence-corrected chi connectivity index (χ0v) is 16.4. The highest BCUT2D eigenvalue weighted by Crippen LogP contribution is 2.31. The van der Waals surface area contributed by atoms with Crippen LogP contribution in [0.15, 0.2) is 58.3 Å². The summed E-state index contributed by atoms with van der Waals surface area (Å²) < 4.78 is 13.8. The fraction of sp³-hybridized carbons (Fsp3) is 0.150. The first-order valence-corrected chi connectivity index (χ1v) is 9.98. The maximum Gasteiger partial charge on any atom is 0.237 e. The number of halogens is 1. The summed E-state index contributed by atoms with van der Waals surface area (Å²) >= 11 is 2.81. The minimum absolute atomic E-state index is 0.0162. The first kappa shape index (κ1) is 19.3. The number of aromatic nitrogens is 1. The monoisotopic (exact) mass is 400 g/mol. The van der Waals surface area contributed by atoms with E-state index in [1.54, 1.807) is 36.4 Å². The van der Waals surface area contributed by atoms with E-state index in [0.717, 1.165) is 15.6 Å². The first-order chi connectivity index (χ1) is 12.9. The number of Topliss-reactive ketones (excluding diaryl/α,β-unsaturated/α-hetero) is 1. The van der Waals surface area contributed by atoms with Crippen molar-refractivity contribution in [1.29, 1.82) is 0 Å². The molecule has 3 aromatic rings. The third-order valence-corrected chi connectivity index (χ3v) is 5.90. The minimum Gasteiger partial charge on any atom is -0.325 e. The molecule has 0 aliphatic carbocycles. The van der Waals surface area contributed by atoms with Crippen molar-refractivity contribution >= 4 is 40.5 Å². The summed E-state index contributed by atoms with van der Waals surface area (Å²) in [5.41, 5.74) is 2.84. The predicted octanol–water partition coefficient (Wildman–Crippen LogP) is 5.27. The highest BCUT2D eigenvalue weighted by molar-refractivity contribution is 8.02. The first-order valence-electron chi connectivity index (χ1n) is 8.22. The van der Waals surface area contributed by atoms with Gasteiger partial charge < -0.3 is 5.32 Å². The van der Waals surface area contributed by atoms with Gasteiger partial charge in [-0.15, -0.1) is 11.3 Å². The lowest BCUT2D eigenvalue weighted by molar-refractivity contribution is -0.115. The topological polar surface area (TPSA) is 59.1 Å². The summed E-state index contributed by atoms with van der Waals surface area (Å²) in [6.45, 7) is 3.31. The molecule has 0 bridgehead atoms. The van der Waals surface area contributed by atoms with Crippen LogP contribution in [0.4, 0.5) is 10.1 Å². The van der Waals surface area contributed by atoms with Crippen LogP contribution in [0, 0.1) is 5.82 Å². The van der Waals surface area contributed by atoms with Crippen molar-refractivity contribution in [3.8, 4) is 11.3 Å². The van der Waals surface area contributed by atoms with Crippen LogP contribution in [0.25, 0.3) is 11.3 Å². The van der Waals surface area contributed by atoms with Crippen LogP contribution in [-0.2, 0) is 4.79 Å². The van der Waals surface area contributed by atoms with Crippen LogP contribution in [0.2, 0.25) is 0 Å². The van der Waals surface area contributed by atoms with E-state index in [4.69, 9.17) is 0 Å². The van der Waals surface area contributed by atoms with Gasteiger partial charge in [0.15, 0.2) is 10.1 Å². The number of amides is 1. The minimum atomic E-state index is -0.343. The average Bonchev–Trinajstić information content (AvgIpc) is 3.11. The number of anilines is 1. The molecule has 1 heterocycles. The van der Waals surface area contributed by atoms with Gasteiger partial charge in [0.1, 0.15) is 5.82 Å². The zero-order chi connectivity index (χ0) is 19.4. The maximum atomic E-state index is 13.0. The summed E-state index contributed by atoms with van der Waals surface area (Å²) in [5, 5.41) is 4.38. The third-order valence-electron chi connectivity index (χ3n) is 3.83. The summed E-state index contributed by atoms with van der Waals surface area (Å²) in [6, 6.07) is 12.9. The Kier molecular flexibility index (Phi) is 6.03. The van der Waals surface area contributed by atoms with Crippen molar-refractivity contribution in [2.75, 3.05) is 5.32 Å². The number of carbonyl (C=O) groups is 2. The van der Waals surface area contributed by atoms with Gasteiger partial charge in [-0.25, -0.2) is 9.37 Å². The fourth-order valence-electron chi connectivity index (χ4n) is 2.30. The normalized spacial score (nSPS) is 11.8. The molecule has 3 rings (SSSR count). The second kappa shape index (κ2) is 8.45. The van der Waals surface area contributed by atoms with Crippen molar-refractivity contribution in [1.82, 2.24) is 4.98 Å². The molecular weight excluding hydrogens is 383 g/mol. The van der Waals surface area contributed by atoms with Gasteiger partial charge in [0, 0.05) is 22.2 Å². The summed E-state index contributed by atoms with van der Waals surface area (Å²) in [6.07, 6.45) is 0. The third kappa shape index (κ3) is 5.02. The van der Waals surface area contributed by atoms with Crippen LogP contribution in [-0.4, -0.2) is 21.9 Å². The summed E-state index contributed by atoms with van der Waals surface area (Å²) in [7, 11) is 0. The molecule has 0 fully saturated rings. The van der Waals surface area contributed by atoms with Crippen LogP contribution in [0.1, 0.15) is 24.2 Å². The van der Waals surface area contributed by atoms with Gasteiger partial charge in [0.2, 0.25) is 5.91 Å². The largest absolute Gasteiger partial charge is 0.325 e. The van der Waals surface area contributed by atoms with E-state index in [1.807, 2.05) is 12.3 Å². The molecule has 1 aromatic heterocycles. The van der Waals surface area contributed by atoms with Crippen LogP contribution in [0.5, 0.6) is 0 Å². The lowest BCUT2D eigenvalue weighted by Crippen LogP contribution is -2.22. The van der Waals surface area contributed by atoms with E-state index in [0.29, 0.717) is 11.3 Å².